The SMILES string of the molecule is CCSc1cc2c(cc1-c1nnc(C3=CC(C(F)(F)F)=CC=CC3)n1C)CC=C(C(F)(F)F)N2C. The first kappa shape index (κ1) is 25.2. The van der Waals surface area contributed by atoms with Gasteiger partial charge in [-0.2, -0.15) is 26.3 Å². The molecule has 0 amide bonds. The van der Waals surface area contributed by atoms with Crippen molar-refractivity contribution in [1.82, 2.24) is 14.8 Å². The van der Waals surface area contributed by atoms with Gasteiger partial charge in [-0.1, -0.05) is 31.2 Å². The van der Waals surface area contributed by atoms with E-state index in [2.05, 4.69) is 10.2 Å². The Morgan fingerprint density at radius 2 is 1.69 bits per heavy atom. The predicted octanol–water partition coefficient (Wildman–Crippen LogP) is 6.86. The molecule has 0 unspecified atom stereocenters. The highest BCUT2D eigenvalue weighted by Gasteiger charge is 2.39. The van der Waals surface area contributed by atoms with E-state index < -0.39 is 23.6 Å². The van der Waals surface area contributed by atoms with Crippen molar-refractivity contribution >= 4 is 23.0 Å². The van der Waals surface area contributed by atoms with Crippen molar-refractivity contribution in [3.8, 4) is 11.4 Å². The number of nitrogens with zero attached hydrogens (tertiary/aromatic N) is 4. The largest absolute Gasteiger partial charge is 0.431 e. The average molecular weight is 513 g/mol. The number of benzene rings is 1. The summed E-state index contributed by atoms with van der Waals surface area (Å²) in [5.74, 6) is 1.39. The van der Waals surface area contributed by atoms with Crippen LogP contribution in [-0.2, 0) is 13.5 Å². The van der Waals surface area contributed by atoms with Crippen LogP contribution in [0.25, 0.3) is 17.0 Å². The van der Waals surface area contributed by atoms with Gasteiger partial charge in [0.1, 0.15) is 5.70 Å². The molecule has 2 heterocycles. The molecule has 4 rings (SSSR count). The molecule has 11 heteroatoms. The van der Waals surface area contributed by atoms with Gasteiger partial charge in [-0.3, -0.25) is 0 Å². The Bertz CT molecular complexity index is 1260. The van der Waals surface area contributed by atoms with Gasteiger partial charge in [0.05, 0.1) is 5.57 Å². The molecule has 1 aliphatic heterocycles. The summed E-state index contributed by atoms with van der Waals surface area (Å²) in [6.07, 6.45) is -2.40. The first-order valence-corrected chi connectivity index (χ1v) is 11.8. The van der Waals surface area contributed by atoms with Crippen molar-refractivity contribution in [2.24, 2.45) is 7.05 Å². The fourth-order valence-electron chi connectivity index (χ4n) is 4.16. The number of fused-ring (bicyclic) bond motifs is 1. The van der Waals surface area contributed by atoms with E-state index in [1.54, 1.807) is 29.8 Å². The van der Waals surface area contributed by atoms with Crippen molar-refractivity contribution in [3.63, 3.8) is 0 Å². The van der Waals surface area contributed by atoms with Crippen LogP contribution in [0.4, 0.5) is 32.0 Å². The number of alkyl halides is 6. The molecule has 35 heavy (non-hydrogen) atoms. The quantitative estimate of drug-likeness (QED) is 0.331. The van der Waals surface area contributed by atoms with Gasteiger partial charge in [-0.05, 0) is 42.4 Å². The number of aromatic nitrogens is 3. The van der Waals surface area contributed by atoms with Gasteiger partial charge >= 0.3 is 12.4 Å². The number of thioether (sulfide) groups is 1. The zero-order valence-corrected chi connectivity index (χ0v) is 19.9. The summed E-state index contributed by atoms with van der Waals surface area (Å²) in [7, 11) is 3.06. The molecule has 1 aliphatic carbocycles. The minimum atomic E-state index is -4.50. The highest BCUT2D eigenvalue weighted by atomic mass is 32.2. The molecule has 0 fully saturated rings. The van der Waals surface area contributed by atoms with E-state index in [4.69, 9.17) is 0 Å². The molecule has 0 saturated heterocycles. The number of anilines is 1. The third-order valence-corrected chi connectivity index (χ3v) is 6.76. The Morgan fingerprint density at radius 1 is 0.971 bits per heavy atom. The molecule has 0 N–H and O–H groups in total. The lowest BCUT2D eigenvalue weighted by molar-refractivity contribution is -0.0935. The minimum absolute atomic E-state index is 0.0962. The van der Waals surface area contributed by atoms with Crippen molar-refractivity contribution in [2.75, 3.05) is 17.7 Å². The third kappa shape index (κ3) is 4.91. The van der Waals surface area contributed by atoms with Gasteiger partial charge in [0.15, 0.2) is 11.6 Å². The Kier molecular flexibility index (Phi) is 6.65. The summed E-state index contributed by atoms with van der Waals surface area (Å²) < 4.78 is 81.9. The van der Waals surface area contributed by atoms with Crippen LogP contribution in [0.1, 0.15) is 24.7 Å². The topological polar surface area (TPSA) is 34.0 Å². The number of rotatable bonds is 4. The molecule has 2 aliphatic rings. The van der Waals surface area contributed by atoms with E-state index in [9.17, 15) is 26.3 Å². The lowest BCUT2D eigenvalue weighted by Gasteiger charge is -2.31. The first-order chi connectivity index (χ1) is 16.4. The lowest BCUT2D eigenvalue weighted by Crippen LogP contribution is -2.31. The molecule has 4 nitrogen and oxygen atoms in total. The zero-order chi connectivity index (χ0) is 25.5. The van der Waals surface area contributed by atoms with Gasteiger partial charge < -0.3 is 9.47 Å². The lowest BCUT2D eigenvalue weighted by atomic mass is 9.99. The van der Waals surface area contributed by atoms with Crippen LogP contribution >= 0.6 is 11.8 Å². The normalized spacial score (nSPS) is 16.5. The van der Waals surface area contributed by atoms with Crippen LogP contribution in [-0.4, -0.2) is 39.9 Å². The van der Waals surface area contributed by atoms with Crippen LogP contribution in [0.5, 0.6) is 0 Å². The fourth-order valence-corrected chi connectivity index (χ4v) is 4.97. The Labute approximate surface area is 202 Å². The van der Waals surface area contributed by atoms with Gasteiger partial charge in [0.25, 0.3) is 0 Å². The maximum absolute atomic E-state index is 13.4. The highest BCUT2D eigenvalue weighted by molar-refractivity contribution is 7.99. The number of allylic oxidation sites excluding steroid dienone is 8. The molecule has 1 aromatic carbocycles. The fraction of sp³-hybridized carbons (Fsp3) is 0.333. The average Bonchev–Trinajstić information content (AvgIpc) is 2.97. The standard InChI is InChI=1S/C24H22F6N4S/c1-4-35-19-13-18-14(9-10-20(33(18)2)24(28,29)30)12-17(19)22-32-31-21(34(22)3)15-7-5-6-8-16(11-15)23(25,26)27/h5-6,8,10-13H,4,7,9H2,1-3H3. The summed E-state index contributed by atoms with van der Waals surface area (Å²) >= 11 is 1.45. The molecule has 1 aromatic heterocycles. The maximum Gasteiger partial charge on any atom is 0.431 e. The van der Waals surface area contributed by atoms with Crippen molar-refractivity contribution < 1.29 is 26.3 Å². The number of hydrogen-bond acceptors (Lipinski definition) is 4. The third-order valence-electron chi connectivity index (χ3n) is 5.82. The molecule has 0 spiro atoms. The van der Waals surface area contributed by atoms with Gasteiger partial charge in [0, 0.05) is 35.8 Å². The number of hydrogen-bond donors (Lipinski definition) is 0. The molecule has 2 aromatic rings. The number of halogens is 6. The smallest absolute Gasteiger partial charge is 0.341 e. The second kappa shape index (κ2) is 9.25. The molecule has 0 atom stereocenters. The van der Waals surface area contributed by atoms with Crippen LogP contribution in [0, 0.1) is 0 Å². The van der Waals surface area contributed by atoms with Gasteiger partial charge in [-0.25, -0.2) is 0 Å². The molecular weight excluding hydrogens is 490 g/mol. The van der Waals surface area contributed by atoms with Crippen molar-refractivity contribution in [3.05, 3.63) is 65.2 Å². The monoisotopic (exact) mass is 512 g/mol. The van der Waals surface area contributed by atoms with Crippen LogP contribution in [0.3, 0.4) is 0 Å². The zero-order valence-electron chi connectivity index (χ0n) is 19.1. The van der Waals surface area contributed by atoms with E-state index in [0.29, 0.717) is 44.7 Å². The van der Waals surface area contributed by atoms with Crippen molar-refractivity contribution in [1.29, 1.82) is 0 Å². The van der Waals surface area contributed by atoms with E-state index >= 15 is 0 Å². The Morgan fingerprint density at radius 3 is 2.34 bits per heavy atom. The van der Waals surface area contributed by atoms with E-state index in [1.807, 2.05) is 6.92 Å². The van der Waals surface area contributed by atoms with Gasteiger partial charge in [0.2, 0.25) is 0 Å². The van der Waals surface area contributed by atoms with Crippen LogP contribution in [0.15, 0.2) is 58.7 Å². The minimum Gasteiger partial charge on any atom is -0.341 e. The van der Waals surface area contributed by atoms with Crippen LogP contribution in [0.2, 0.25) is 0 Å². The second-order valence-electron chi connectivity index (χ2n) is 8.09. The maximum atomic E-state index is 13.4. The molecular formula is C24H22F6N4S. The summed E-state index contributed by atoms with van der Waals surface area (Å²) in [6, 6.07) is 3.51. The summed E-state index contributed by atoms with van der Waals surface area (Å²) in [6.45, 7) is 1.93. The highest BCUT2D eigenvalue weighted by Crippen LogP contribution is 2.42. The molecule has 0 saturated carbocycles. The summed E-state index contributed by atoms with van der Waals surface area (Å²) in [4.78, 5) is 1.85. The molecule has 186 valence electrons. The Balaban J connectivity index is 1.79. The molecule has 0 bridgehead atoms. The van der Waals surface area contributed by atoms with Crippen LogP contribution < -0.4 is 4.90 Å². The predicted molar refractivity (Wildman–Crippen MR) is 125 cm³/mol. The van der Waals surface area contributed by atoms with Gasteiger partial charge in [-0.15, -0.1) is 22.0 Å². The summed E-state index contributed by atoms with van der Waals surface area (Å²) in [5.41, 5.74) is 0.692. The van der Waals surface area contributed by atoms with E-state index in [1.165, 1.54) is 24.9 Å². The van der Waals surface area contributed by atoms with Crippen molar-refractivity contribution in [2.45, 2.75) is 37.0 Å². The van der Waals surface area contributed by atoms with E-state index in [-0.39, 0.29) is 12.8 Å². The first-order valence-electron chi connectivity index (χ1n) is 10.8. The summed E-state index contributed by atoms with van der Waals surface area (Å²) in [5, 5.41) is 8.45. The second-order valence-corrected chi connectivity index (χ2v) is 9.39. The Hall–Kier alpha value is -2.95. The van der Waals surface area contributed by atoms with E-state index in [0.717, 1.165) is 23.1 Å². The molecule has 0 radical (unpaired) electrons.